The Kier molecular flexibility index (Phi) is 5.31. The van der Waals surface area contributed by atoms with Crippen LogP contribution in [0.2, 0.25) is 0 Å². The maximum atomic E-state index is 12.4. The lowest BCUT2D eigenvalue weighted by Crippen LogP contribution is -2.24. The smallest absolute Gasteiger partial charge is 0.270 e. The van der Waals surface area contributed by atoms with Crippen molar-refractivity contribution < 1.29 is 9.53 Å². The molecule has 3 aromatic rings. The molecule has 0 aliphatic heterocycles. The molecule has 26 heavy (non-hydrogen) atoms. The van der Waals surface area contributed by atoms with E-state index in [-0.39, 0.29) is 12.5 Å². The molecule has 3 rings (SSSR count). The highest BCUT2D eigenvalue weighted by Crippen LogP contribution is 2.14. The van der Waals surface area contributed by atoms with Crippen LogP contribution in [0.25, 0.3) is 0 Å². The minimum atomic E-state index is -0.175. The maximum Gasteiger partial charge on any atom is 0.270 e. The Hall–Kier alpha value is -3.16. The molecule has 0 saturated carbocycles. The number of tetrazole rings is 1. The van der Waals surface area contributed by atoms with Crippen molar-refractivity contribution in [3.05, 3.63) is 59.2 Å². The molecule has 0 radical (unpaired) electrons. The second-order valence-electron chi connectivity index (χ2n) is 6.02. The van der Waals surface area contributed by atoms with Crippen molar-refractivity contribution in [1.29, 1.82) is 0 Å². The summed E-state index contributed by atoms with van der Waals surface area (Å²) in [5.41, 5.74) is 5.38. The van der Waals surface area contributed by atoms with Gasteiger partial charge in [0, 0.05) is 23.5 Å². The number of aromatic nitrogens is 5. The number of nitrogens with zero attached hydrogens (tertiary/aromatic N) is 5. The van der Waals surface area contributed by atoms with Gasteiger partial charge in [0.1, 0.15) is 12.4 Å². The van der Waals surface area contributed by atoms with Gasteiger partial charge in [0.05, 0.1) is 0 Å². The van der Waals surface area contributed by atoms with Crippen LogP contribution in [-0.4, -0.2) is 30.8 Å². The van der Waals surface area contributed by atoms with E-state index in [0.717, 1.165) is 24.4 Å². The van der Waals surface area contributed by atoms with Crippen LogP contribution in [0.15, 0.2) is 36.4 Å². The lowest BCUT2D eigenvalue weighted by molar-refractivity contribution is 0.101. The summed E-state index contributed by atoms with van der Waals surface area (Å²) in [6.45, 7) is 6.98. The molecule has 0 unspecified atom stereocenters. The van der Waals surface area contributed by atoms with Crippen LogP contribution in [0.5, 0.6) is 5.75 Å². The average Bonchev–Trinajstić information content (AvgIpc) is 3.22. The molecular formula is C18H22N6O2. The van der Waals surface area contributed by atoms with E-state index in [2.05, 4.69) is 27.9 Å². The molecule has 0 aliphatic rings. The Labute approximate surface area is 151 Å². The molecule has 8 heteroatoms. The zero-order chi connectivity index (χ0) is 18.5. The second kappa shape index (κ2) is 7.81. The van der Waals surface area contributed by atoms with E-state index < -0.39 is 0 Å². The van der Waals surface area contributed by atoms with Gasteiger partial charge in [-0.15, -0.1) is 5.10 Å². The topological polar surface area (TPSA) is 86.9 Å². The average molecular weight is 354 g/mol. The molecule has 2 aromatic heterocycles. The molecule has 0 bridgehead atoms. The normalized spacial score (nSPS) is 10.7. The Morgan fingerprint density at radius 3 is 2.46 bits per heavy atom. The first-order valence-electron chi connectivity index (χ1n) is 8.52. The molecule has 8 nitrogen and oxygen atoms in total. The van der Waals surface area contributed by atoms with Crippen molar-refractivity contribution in [2.45, 2.75) is 40.3 Å². The number of rotatable bonds is 7. The van der Waals surface area contributed by atoms with Crippen LogP contribution in [0, 0.1) is 13.8 Å². The molecule has 0 fully saturated rings. The molecule has 136 valence electrons. The largest absolute Gasteiger partial charge is 0.486 e. The standard InChI is InChI=1S/C18H22N6O2/c1-4-11-23-17(19-21-22-23)12-26-16-9-7-15(8-10-16)18(25)20-24-13(2)5-6-14(24)3/h5-10H,4,11-12H2,1-3H3,(H,20,25). The minimum Gasteiger partial charge on any atom is -0.486 e. The van der Waals surface area contributed by atoms with Crippen LogP contribution < -0.4 is 10.2 Å². The Morgan fingerprint density at radius 2 is 1.81 bits per heavy atom. The van der Waals surface area contributed by atoms with Gasteiger partial charge in [0.2, 0.25) is 0 Å². The summed E-state index contributed by atoms with van der Waals surface area (Å²) in [7, 11) is 0. The summed E-state index contributed by atoms with van der Waals surface area (Å²) in [6.07, 6.45) is 0.947. The molecule has 2 heterocycles. The second-order valence-corrected chi connectivity index (χ2v) is 6.02. The number of aryl methyl sites for hydroxylation is 3. The minimum absolute atomic E-state index is 0.175. The van der Waals surface area contributed by atoms with Crippen LogP contribution in [-0.2, 0) is 13.2 Å². The summed E-state index contributed by atoms with van der Waals surface area (Å²) in [4.78, 5) is 12.4. The van der Waals surface area contributed by atoms with Crippen molar-refractivity contribution in [2.75, 3.05) is 5.43 Å². The molecular weight excluding hydrogens is 332 g/mol. The third kappa shape index (κ3) is 3.90. The summed E-state index contributed by atoms with van der Waals surface area (Å²) in [5.74, 6) is 1.15. The number of ether oxygens (including phenoxy) is 1. The predicted molar refractivity (Wildman–Crippen MR) is 96.5 cm³/mol. The Morgan fingerprint density at radius 1 is 1.12 bits per heavy atom. The summed E-state index contributed by atoms with van der Waals surface area (Å²) < 4.78 is 9.21. The molecule has 0 atom stereocenters. The van der Waals surface area contributed by atoms with Crippen molar-refractivity contribution in [2.24, 2.45) is 0 Å². The van der Waals surface area contributed by atoms with E-state index in [1.807, 2.05) is 26.0 Å². The highest BCUT2D eigenvalue weighted by molar-refractivity contribution is 6.00. The van der Waals surface area contributed by atoms with Crippen molar-refractivity contribution in [3.8, 4) is 5.75 Å². The van der Waals surface area contributed by atoms with Gasteiger partial charge >= 0.3 is 0 Å². The number of hydrogen-bond donors (Lipinski definition) is 1. The van der Waals surface area contributed by atoms with Crippen molar-refractivity contribution in [3.63, 3.8) is 0 Å². The van der Waals surface area contributed by atoms with Crippen molar-refractivity contribution >= 4 is 5.91 Å². The fourth-order valence-electron chi connectivity index (χ4n) is 2.57. The molecule has 1 aromatic carbocycles. The zero-order valence-electron chi connectivity index (χ0n) is 15.1. The number of benzene rings is 1. The molecule has 1 N–H and O–H groups in total. The van der Waals surface area contributed by atoms with E-state index in [0.29, 0.717) is 17.1 Å². The van der Waals surface area contributed by atoms with Gasteiger partial charge in [-0.1, -0.05) is 6.92 Å². The van der Waals surface area contributed by atoms with Gasteiger partial charge in [-0.2, -0.15) is 0 Å². The lowest BCUT2D eigenvalue weighted by Gasteiger charge is -2.12. The van der Waals surface area contributed by atoms with Gasteiger partial charge in [-0.3, -0.25) is 14.9 Å². The number of amides is 1. The summed E-state index contributed by atoms with van der Waals surface area (Å²) >= 11 is 0. The van der Waals surface area contributed by atoms with Gasteiger partial charge in [-0.05, 0) is 67.1 Å². The predicted octanol–water partition coefficient (Wildman–Crippen LogP) is 2.46. The Bertz CT molecular complexity index is 862. The first-order valence-corrected chi connectivity index (χ1v) is 8.52. The third-order valence-electron chi connectivity index (χ3n) is 4.01. The highest BCUT2D eigenvalue weighted by atomic mass is 16.5. The number of nitrogens with one attached hydrogen (secondary N) is 1. The summed E-state index contributed by atoms with van der Waals surface area (Å²) in [5, 5.41) is 11.6. The van der Waals surface area contributed by atoms with Gasteiger partial charge < -0.3 is 4.74 Å². The molecule has 1 amide bonds. The summed E-state index contributed by atoms with van der Waals surface area (Å²) in [6, 6.07) is 10.9. The van der Waals surface area contributed by atoms with Gasteiger partial charge in [-0.25, -0.2) is 4.68 Å². The van der Waals surface area contributed by atoms with Crippen molar-refractivity contribution in [1.82, 2.24) is 24.9 Å². The van der Waals surface area contributed by atoms with E-state index >= 15 is 0 Å². The van der Waals surface area contributed by atoms with Crippen LogP contribution in [0.4, 0.5) is 0 Å². The first-order chi connectivity index (χ1) is 12.6. The SMILES string of the molecule is CCCn1nnnc1COc1ccc(C(=O)Nn2c(C)ccc2C)cc1. The number of hydrogen-bond acceptors (Lipinski definition) is 5. The first kappa shape index (κ1) is 17.7. The monoisotopic (exact) mass is 354 g/mol. The molecule has 0 spiro atoms. The molecule has 0 saturated heterocycles. The van der Waals surface area contributed by atoms with E-state index in [4.69, 9.17) is 4.74 Å². The fraction of sp³-hybridized carbons (Fsp3) is 0.333. The number of carbonyl (C=O) groups excluding carboxylic acids is 1. The van der Waals surface area contributed by atoms with E-state index in [9.17, 15) is 4.79 Å². The number of carbonyl (C=O) groups is 1. The van der Waals surface area contributed by atoms with Gasteiger partial charge in [0.15, 0.2) is 5.82 Å². The lowest BCUT2D eigenvalue weighted by atomic mass is 10.2. The quantitative estimate of drug-likeness (QED) is 0.704. The van der Waals surface area contributed by atoms with Gasteiger partial charge in [0.25, 0.3) is 5.91 Å². The van der Waals surface area contributed by atoms with Crippen LogP contribution >= 0.6 is 0 Å². The zero-order valence-corrected chi connectivity index (χ0v) is 15.1. The van der Waals surface area contributed by atoms with E-state index in [1.54, 1.807) is 33.6 Å². The Balaban J connectivity index is 1.61. The van der Waals surface area contributed by atoms with Crippen LogP contribution in [0.1, 0.15) is 40.9 Å². The fourth-order valence-corrected chi connectivity index (χ4v) is 2.57. The maximum absolute atomic E-state index is 12.4. The molecule has 0 aliphatic carbocycles. The highest BCUT2D eigenvalue weighted by Gasteiger charge is 2.10. The van der Waals surface area contributed by atoms with Crippen LogP contribution in [0.3, 0.4) is 0 Å². The third-order valence-corrected chi connectivity index (χ3v) is 4.01. The van der Waals surface area contributed by atoms with E-state index in [1.165, 1.54) is 0 Å².